The summed E-state index contributed by atoms with van der Waals surface area (Å²) in [5.41, 5.74) is 4.48. The van der Waals surface area contributed by atoms with Crippen molar-refractivity contribution in [2.24, 2.45) is 0 Å². The van der Waals surface area contributed by atoms with E-state index < -0.39 is 12.0 Å². The highest BCUT2D eigenvalue weighted by Gasteiger charge is 2.27. The van der Waals surface area contributed by atoms with Crippen LogP contribution >= 0.6 is 23.2 Å². The first-order chi connectivity index (χ1) is 14.9. The number of para-hydroxylation sites is 1. The van der Waals surface area contributed by atoms with Crippen molar-refractivity contribution in [1.82, 2.24) is 9.88 Å². The van der Waals surface area contributed by atoms with Crippen LogP contribution in [-0.2, 0) is 16.0 Å². The number of benzene rings is 2. The summed E-state index contributed by atoms with van der Waals surface area (Å²) in [7, 11) is 0. The lowest BCUT2D eigenvalue weighted by molar-refractivity contribution is -0.136. The highest BCUT2D eigenvalue weighted by atomic mass is 35.5. The van der Waals surface area contributed by atoms with Crippen molar-refractivity contribution in [3.05, 3.63) is 69.5 Å². The van der Waals surface area contributed by atoms with Gasteiger partial charge in [-0.2, -0.15) is 0 Å². The number of carbonyl (C=O) groups excluding carboxylic acids is 2. The third-order valence-corrected chi connectivity index (χ3v) is 5.78. The Bertz CT molecular complexity index is 1220. The molecular formula is C23H21Cl2N3O3. The number of aromatic nitrogens is 1. The number of anilines is 1. The van der Waals surface area contributed by atoms with Gasteiger partial charge in [-0.3, -0.25) is 4.90 Å². The number of nitrogens with zero attached hydrogens (tertiary/aromatic N) is 1. The monoisotopic (exact) mass is 457 g/mol. The van der Waals surface area contributed by atoms with E-state index in [-0.39, 0.29) is 6.61 Å². The first-order valence-corrected chi connectivity index (χ1v) is 10.7. The molecule has 0 bridgehead atoms. The number of hydrogen-bond acceptors (Lipinski definition) is 3. The van der Waals surface area contributed by atoms with Crippen LogP contribution in [0.5, 0.6) is 0 Å². The van der Waals surface area contributed by atoms with E-state index >= 15 is 0 Å². The number of esters is 1. The minimum Gasteiger partial charge on any atom is -0.462 e. The van der Waals surface area contributed by atoms with E-state index in [1.807, 2.05) is 25.1 Å². The topological polar surface area (TPSA) is 74.4 Å². The summed E-state index contributed by atoms with van der Waals surface area (Å²) in [4.78, 5) is 30.6. The van der Waals surface area contributed by atoms with Crippen molar-refractivity contribution in [3.63, 3.8) is 0 Å². The van der Waals surface area contributed by atoms with E-state index in [0.717, 1.165) is 22.0 Å². The van der Waals surface area contributed by atoms with Crippen LogP contribution in [0.15, 0.2) is 42.6 Å². The maximum absolute atomic E-state index is 13.0. The van der Waals surface area contributed by atoms with E-state index in [2.05, 4.69) is 10.3 Å². The summed E-state index contributed by atoms with van der Waals surface area (Å²) in [6.07, 6.45) is 2.10. The molecular weight excluding hydrogens is 437 g/mol. The fourth-order valence-electron chi connectivity index (χ4n) is 3.73. The predicted octanol–water partition coefficient (Wildman–Crippen LogP) is 5.78. The molecule has 1 aliphatic heterocycles. The third kappa shape index (κ3) is 4.13. The predicted molar refractivity (Wildman–Crippen MR) is 124 cm³/mol. The normalized spacial score (nSPS) is 13.4. The Morgan fingerprint density at radius 2 is 2.03 bits per heavy atom. The Hall–Kier alpha value is -2.96. The Morgan fingerprint density at radius 1 is 1.23 bits per heavy atom. The number of aromatic amines is 1. The molecule has 31 heavy (non-hydrogen) atoms. The standard InChI is InChI=1S/C23H21Cl2N3O3/c1-3-31-22(29)17-12-28(23(30)26-19-8-7-14(24)11-18(19)25)10-9-16-15-6-4-5-13(2)20(15)27-21(16)17/h4-8,11-12,27H,3,9-10H2,1-2H3,(H,26,30). The Morgan fingerprint density at radius 3 is 2.77 bits per heavy atom. The lowest BCUT2D eigenvalue weighted by Gasteiger charge is -2.19. The van der Waals surface area contributed by atoms with Crippen LogP contribution in [0.25, 0.3) is 16.5 Å². The molecule has 0 unspecified atom stereocenters. The molecule has 6 nitrogen and oxygen atoms in total. The summed E-state index contributed by atoms with van der Waals surface area (Å²) in [6, 6.07) is 10.4. The van der Waals surface area contributed by atoms with Crippen molar-refractivity contribution < 1.29 is 14.3 Å². The third-order valence-electron chi connectivity index (χ3n) is 5.24. The number of urea groups is 1. The molecule has 1 aliphatic rings. The van der Waals surface area contributed by atoms with E-state index in [1.165, 1.54) is 11.1 Å². The SMILES string of the molecule is CCOC(=O)C1=CN(C(=O)Nc2ccc(Cl)cc2Cl)CCc2c1[nH]c1c(C)cccc21. The molecule has 8 heteroatoms. The van der Waals surface area contributed by atoms with Gasteiger partial charge in [0.05, 0.1) is 28.6 Å². The summed E-state index contributed by atoms with van der Waals surface area (Å²) < 4.78 is 5.28. The van der Waals surface area contributed by atoms with Gasteiger partial charge < -0.3 is 15.0 Å². The second-order valence-electron chi connectivity index (χ2n) is 7.24. The number of H-pyrrole nitrogens is 1. The number of hydrogen-bond donors (Lipinski definition) is 2. The van der Waals surface area contributed by atoms with Crippen LogP contribution in [0.1, 0.15) is 23.7 Å². The Balaban J connectivity index is 1.73. The van der Waals surface area contributed by atoms with Gasteiger partial charge in [-0.15, -0.1) is 0 Å². The van der Waals surface area contributed by atoms with Gasteiger partial charge in [-0.1, -0.05) is 41.4 Å². The van der Waals surface area contributed by atoms with E-state index in [0.29, 0.717) is 40.0 Å². The number of aryl methyl sites for hydroxylation is 1. The zero-order chi connectivity index (χ0) is 22.1. The molecule has 0 saturated heterocycles. The molecule has 2 N–H and O–H groups in total. The van der Waals surface area contributed by atoms with Gasteiger partial charge in [-0.05, 0) is 49.6 Å². The first kappa shape index (κ1) is 21.3. The van der Waals surface area contributed by atoms with Crippen LogP contribution < -0.4 is 5.32 Å². The van der Waals surface area contributed by atoms with Crippen molar-refractivity contribution in [3.8, 4) is 0 Å². The van der Waals surface area contributed by atoms with E-state index in [4.69, 9.17) is 27.9 Å². The number of nitrogens with one attached hydrogen (secondary N) is 2. The zero-order valence-corrected chi connectivity index (χ0v) is 18.6. The fourth-order valence-corrected chi connectivity index (χ4v) is 4.18. The lowest BCUT2D eigenvalue weighted by Crippen LogP contribution is -2.32. The van der Waals surface area contributed by atoms with Gasteiger partial charge in [0.1, 0.15) is 0 Å². The average molecular weight is 458 g/mol. The smallest absolute Gasteiger partial charge is 0.341 e. The van der Waals surface area contributed by atoms with Crippen molar-refractivity contribution >= 4 is 57.4 Å². The van der Waals surface area contributed by atoms with Gasteiger partial charge in [0.15, 0.2) is 0 Å². The number of ether oxygens (including phenoxy) is 1. The number of amides is 2. The maximum Gasteiger partial charge on any atom is 0.341 e. The van der Waals surface area contributed by atoms with Gasteiger partial charge >= 0.3 is 12.0 Å². The summed E-state index contributed by atoms with van der Waals surface area (Å²) in [5, 5.41) is 4.62. The summed E-state index contributed by atoms with van der Waals surface area (Å²) >= 11 is 12.1. The minimum absolute atomic E-state index is 0.233. The van der Waals surface area contributed by atoms with E-state index in [1.54, 1.807) is 25.1 Å². The van der Waals surface area contributed by atoms with Crippen molar-refractivity contribution in [1.29, 1.82) is 0 Å². The van der Waals surface area contributed by atoms with Crippen LogP contribution in [0.3, 0.4) is 0 Å². The van der Waals surface area contributed by atoms with Crippen LogP contribution in [-0.4, -0.2) is 35.0 Å². The molecule has 0 fully saturated rings. The molecule has 2 amide bonds. The number of halogens is 2. The highest BCUT2D eigenvalue weighted by molar-refractivity contribution is 6.36. The van der Waals surface area contributed by atoms with Crippen molar-refractivity contribution in [2.45, 2.75) is 20.3 Å². The molecule has 160 valence electrons. The quantitative estimate of drug-likeness (QED) is 0.489. The largest absolute Gasteiger partial charge is 0.462 e. The zero-order valence-electron chi connectivity index (χ0n) is 17.1. The number of fused-ring (bicyclic) bond motifs is 3. The molecule has 0 aliphatic carbocycles. The fraction of sp³-hybridized carbons (Fsp3) is 0.217. The lowest BCUT2D eigenvalue weighted by atomic mass is 10.0. The van der Waals surface area contributed by atoms with Gasteiger partial charge in [0.25, 0.3) is 0 Å². The molecule has 3 aromatic rings. The average Bonchev–Trinajstić information content (AvgIpc) is 2.99. The molecule has 0 atom stereocenters. The summed E-state index contributed by atoms with van der Waals surface area (Å²) in [6.45, 7) is 4.38. The number of carbonyl (C=O) groups is 2. The van der Waals surface area contributed by atoms with Crippen molar-refractivity contribution in [2.75, 3.05) is 18.5 Å². The van der Waals surface area contributed by atoms with Crippen LogP contribution in [0, 0.1) is 6.92 Å². The van der Waals surface area contributed by atoms with Gasteiger partial charge in [0.2, 0.25) is 0 Å². The number of rotatable bonds is 3. The van der Waals surface area contributed by atoms with Crippen LogP contribution in [0.4, 0.5) is 10.5 Å². The molecule has 0 spiro atoms. The molecule has 0 radical (unpaired) electrons. The molecule has 0 saturated carbocycles. The molecule has 2 aromatic carbocycles. The van der Waals surface area contributed by atoms with E-state index in [9.17, 15) is 9.59 Å². The Labute approximate surface area is 189 Å². The minimum atomic E-state index is -0.489. The second kappa shape index (κ2) is 8.65. The molecule has 4 rings (SSSR count). The Kier molecular flexibility index (Phi) is 5.94. The second-order valence-corrected chi connectivity index (χ2v) is 8.08. The highest BCUT2D eigenvalue weighted by Crippen LogP contribution is 2.33. The van der Waals surface area contributed by atoms with Crippen LogP contribution in [0.2, 0.25) is 10.0 Å². The maximum atomic E-state index is 13.0. The van der Waals surface area contributed by atoms with Gasteiger partial charge in [-0.25, -0.2) is 9.59 Å². The first-order valence-electron chi connectivity index (χ1n) is 9.91. The molecule has 2 heterocycles. The van der Waals surface area contributed by atoms with Gasteiger partial charge in [0, 0.05) is 28.7 Å². The molecule has 1 aromatic heterocycles. The summed E-state index contributed by atoms with van der Waals surface area (Å²) in [5.74, 6) is -0.489.